The summed E-state index contributed by atoms with van der Waals surface area (Å²) in [5, 5.41) is 4.15. The van der Waals surface area contributed by atoms with Crippen molar-refractivity contribution in [1.29, 1.82) is 0 Å². The second-order valence-electron chi connectivity index (χ2n) is 4.88. The lowest BCUT2D eigenvalue weighted by Crippen LogP contribution is -2.23. The Labute approximate surface area is 124 Å². The van der Waals surface area contributed by atoms with Gasteiger partial charge in [0.2, 0.25) is 0 Å². The Bertz CT molecular complexity index is 583. The average Bonchev–Trinajstić information content (AvgIpc) is 2.44. The van der Waals surface area contributed by atoms with Crippen molar-refractivity contribution in [3.63, 3.8) is 0 Å². The summed E-state index contributed by atoms with van der Waals surface area (Å²) in [6.07, 6.45) is 0.587. The summed E-state index contributed by atoms with van der Waals surface area (Å²) in [4.78, 5) is 0. The number of rotatable bonds is 5. The summed E-state index contributed by atoms with van der Waals surface area (Å²) in [7, 11) is 0. The number of halogens is 2. The van der Waals surface area contributed by atoms with Gasteiger partial charge < -0.3 is 5.32 Å². The Morgan fingerprint density at radius 2 is 1.90 bits per heavy atom. The molecule has 0 aliphatic heterocycles. The first-order valence-corrected chi connectivity index (χ1v) is 7.23. The quantitative estimate of drug-likeness (QED) is 0.843. The number of nitrogens with one attached hydrogen (secondary N) is 1. The van der Waals surface area contributed by atoms with Gasteiger partial charge in [-0.05, 0) is 42.6 Å². The van der Waals surface area contributed by atoms with Gasteiger partial charge in [0.1, 0.15) is 5.82 Å². The van der Waals surface area contributed by atoms with Crippen molar-refractivity contribution >= 4 is 11.6 Å². The molecule has 0 saturated heterocycles. The summed E-state index contributed by atoms with van der Waals surface area (Å²) in [6, 6.07) is 12.9. The highest BCUT2D eigenvalue weighted by Crippen LogP contribution is 2.28. The molecule has 1 nitrogen and oxygen atoms in total. The first kappa shape index (κ1) is 15.0. The molecular weight excluding hydrogens is 273 g/mol. The van der Waals surface area contributed by atoms with Crippen LogP contribution >= 0.6 is 11.6 Å². The van der Waals surface area contributed by atoms with Crippen molar-refractivity contribution in [3.05, 3.63) is 70.0 Å². The van der Waals surface area contributed by atoms with Gasteiger partial charge >= 0.3 is 0 Å². The molecule has 2 aromatic rings. The van der Waals surface area contributed by atoms with Crippen LogP contribution in [0.3, 0.4) is 0 Å². The molecule has 20 heavy (non-hydrogen) atoms. The molecule has 106 valence electrons. The van der Waals surface area contributed by atoms with E-state index < -0.39 is 0 Å². The lowest BCUT2D eigenvalue weighted by atomic mass is 9.97. The zero-order valence-corrected chi connectivity index (χ0v) is 12.5. The Kier molecular flexibility index (Phi) is 5.16. The Balaban J connectivity index is 2.32. The number of hydrogen-bond acceptors (Lipinski definition) is 1. The van der Waals surface area contributed by atoms with E-state index in [2.05, 4.69) is 5.32 Å². The average molecular weight is 292 g/mol. The topological polar surface area (TPSA) is 12.0 Å². The van der Waals surface area contributed by atoms with E-state index in [0.717, 1.165) is 22.7 Å². The normalized spacial score (nSPS) is 12.4. The van der Waals surface area contributed by atoms with Crippen LogP contribution in [0, 0.1) is 12.7 Å². The highest BCUT2D eigenvalue weighted by molar-refractivity contribution is 6.32. The molecule has 1 unspecified atom stereocenters. The largest absolute Gasteiger partial charge is 0.310 e. The van der Waals surface area contributed by atoms with Gasteiger partial charge in [0.05, 0.1) is 0 Å². The van der Waals surface area contributed by atoms with Crippen LogP contribution in [-0.4, -0.2) is 6.54 Å². The van der Waals surface area contributed by atoms with Crippen molar-refractivity contribution in [2.75, 3.05) is 6.54 Å². The van der Waals surface area contributed by atoms with Gasteiger partial charge in [0, 0.05) is 11.1 Å². The number of benzene rings is 2. The van der Waals surface area contributed by atoms with Crippen LogP contribution in [0.25, 0.3) is 0 Å². The molecule has 1 N–H and O–H groups in total. The number of likely N-dealkylation sites (N-methyl/N-ethyl adjacent to an activating group) is 1. The molecule has 3 heteroatoms. The van der Waals surface area contributed by atoms with Crippen LogP contribution < -0.4 is 5.32 Å². The third kappa shape index (κ3) is 3.38. The molecule has 0 heterocycles. The molecule has 2 aromatic carbocycles. The first-order chi connectivity index (χ1) is 9.63. The highest BCUT2D eigenvalue weighted by Gasteiger charge is 2.16. The smallest absolute Gasteiger partial charge is 0.126 e. The van der Waals surface area contributed by atoms with E-state index in [0.29, 0.717) is 12.0 Å². The molecule has 0 spiro atoms. The van der Waals surface area contributed by atoms with Crippen molar-refractivity contribution < 1.29 is 4.39 Å². The fourth-order valence-electron chi connectivity index (χ4n) is 2.36. The Morgan fingerprint density at radius 1 is 1.15 bits per heavy atom. The molecule has 0 aromatic heterocycles. The van der Waals surface area contributed by atoms with E-state index in [-0.39, 0.29) is 11.9 Å². The van der Waals surface area contributed by atoms with Gasteiger partial charge in [0.15, 0.2) is 0 Å². The van der Waals surface area contributed by atoms with E-state index >= 15 is 0 Å². The van der Waals surface area contributed by atoms with Gasteiger partial charge in [0.25, 0.3) is 0 Å². The second kappa shape index (κ2) is 6.87. The monoisotopic (exact) mass is 291 g/mol. The van der Waals surface area contributed by atoms with Gasteiger partial charge in [-0.3, -0.25) is 0 Å². The molecule has 0 aliphatic rings. The molecule has 0 aliphatic carbocycles. The maximum Gasteiger partial charge on any atom is 0.126 e. The standard InChI is InChI=1S/C17H19ClFN/c1-3-20-16(11-13-8-4-5-10-15(13)19)14-9-6-7-12(2)17(14)18/h4-10,16,20H,3,11H2,1-2H3. The van der Waals surface area contributed by atoms with Gasteiger partial charge in [-0.25, -0.2) is 4.39 Å². The van der Waals surface area contributed by atoms with Gasteiger partial charge in [-0.1, -0.05) is 54.9 Å². The van der Waals surface area contributed by atoms with Crippen molar-refractivity contribution in [1.82, 2.24) is 5.32 Å². The molecule has 1 atom stereocenters. The summed E-state index contributed by atoms with van der Waals surface area (Å²) in [5.41, 5.74) is 2.77. The van der Waals surface area contributed by atoms with Crippen LogP contribution in [-0.2, 0) is 6.42 Å². The molecule has 2 rings (SSSR count). The molecule has 0 fully saturated rings. The molecular formula is C17H19ClFN. The van der Waals surface area contributed by atoms with E-state index in [9.17, 15) is 4.39 Å². The third-order valence-corrected chi connectivity index (χ3v) is 3.95. The highest BCUT2D eigenvalue weighted by atomic mass is 35.5. The van der Waals surface area contributed by atoms with Crippen LogP contribution in [0.5, 0.6) is 0 Å². The van der Waals surface area contributed by atoms with Gasteiger partial charge in [-0.2, -0.15) is 0 Å². The molecule has 0 amide bonds. The Hall–Kier alpha value is -1.38. The van der Waals surface area contributed by atoms with Crippen LogP contribution in [0.2, 0.25) is 5.02 Å². The predicted octanol–water partition coefficient (Wildman–Crippen LogP) is 4.68. The number of hydrogen-bond donors (Lipinski definition) is 1. The van der Waals surface area contributed by atoms with Crippen molar-refractivity contribution in [2.45, 2.75) is 26.3 Å². The van der Waals surface area contributed by atoms with Crippen LogP contribution in [0.1, 0.15) is 29.7 Å². The minimum absolute atomic E-state index is 0.0179. The summed E-state index contributed by atoms with van der Waals surface area (Å²) in [6.45, 7) is 4.83. The third-order valence-electron chi connectivity index (χ3n) is 3.43. The summed E-state index contributed by atoms with van der Waals surface area (Å²) in [5.74, 6) is -0.167. The van der Waals surface area contributed by atoms with Crippen molar-refractivity contribution in [3.8, 4) is 0 Å². The minimum Gasteiger partial charge on any atom is -0.310 e. The van der Waals surface area contributed by atoms with E-state index in [4.69, 9.17) is 11.6 Å². The maximum atomic E-state index is 13.8. The summed E-state index contributed by atoms with van der Waals surface area (Å²) >= 11 is 6.40. The predicted molar refractivity (Wildman–Crippen MR) is 82.7 cm³/mol. The maximum absolute atomic E-state index is 13.8. The SMILES string of the molecule is CCNC(Cc1ccccc1F)c1cccc(C)c1Cl. The van der Waals surface area contributed by atoms with Gasteiger partial charge in [-0.15, -0.1) is 0 Å². The minimum atomic E-state index is -0.167. The lowest BCUT2D eigenvalue weighted by Gasteiger charge is -2.21. The Morgan fingerprint density at radius 3 is 2.60 bits per heavy atom. The fraction of sp³-hybridized carbons (Fsp3) is 0.294. The number of aryl methyl sites for hydroxylation is 1. The zero-order chi connectivity index (χ0) is 14.5. The van der Waals surface area contributed by atoms with Crippen LogP contribution in [0.15, 0.2) is 42.5 Å². The molecule has 0 saturated carbocycles. The zero-order valence-electron chi connectivity index (χ0n) is 11.8. The second-order valence-corrected chi connectivity index (χ2v) is 5.26. The van der Waals surface area contributed by atoms with Crippen LogP contribution in [0.4, 0.5) is 4.39 Å². The molecule has 0 bridgehead atoms. The lowest BCUT2D eigenvalue weighted by molar-refractivity contribution is 0.528. The van der Waals surface area contributed by atoms with E-state index in [1.165, 1.54) is 6.07 Å². The first-order valence-electron chi connectivity index (χ1n) is 6.85. The fourth-order valence-corrected chi connectivity index (χ4v) is 2.62. The van der Waals surface area contributed by atoms with E-state index in [1.54, 1.807) is 6.07 Å². The summed E-state index contributed by atoms with van der Waals surface area (Å²) < 4.78 is 13.8. The molecule has 0 radical (unpaired) electrons. The van der Waals surface area contributed by atoms with Crippen molar-refractivity contribution in [2.24, 2.45) is 0 Å². The van der Waals surface area contributed by atoms with E-state index in [1.807, 2.05) is 44.2 Å².